The molecule has 2 N–H and O–H groups in total. The number of thiophene rings is 1. The summed E-state index contributed by atoms with van der Waals surface area (Å²) < 4.78 is 1.89. The van der Waals surface area contributed by atoms with Crippen LogP contribution in [0.15, 0.2) is 16.6 Å². The molecule has 2 rings (SSSR count). The van der Waals surface area contributed by atoms with Gasteiger partial charge in [0.05, 0.1) is 5.75 Å². The molecule has 0 aliphatic rings. The van der Waals surface area contributed by atoms with E-state index in [9.17, 15) is 4.79 Å². The zero-order chi connectivity index (χ0) is 14.0. The standard InChI is InChI=1S/C12H16N4OS2/c1-7(2)9-4-8(5-18-9)11-14-15-12(16(11)3)19-6-10(13)17/h4-5,7H,6H2,1-3H3,(H2,13,17). The smallest absolute Gasteiger partial charge is 0.227 e. The molecule has 0 aromatic carbocycles. The Balaban J connectivity index is 2.23. The van der Waals surface area contributed by atoms with Gasteiger partial charge in [-0.05, 0) is 12.0 Å². The van der Waals surface area contributed by atoms with Gasteiger partial charge in [0.1, 0.15) is 0 Å². The summed E-state index contributed by atoms with van der Waals surface area (Å²) in [6.45, 7) is 4.33. The number of carbonyl (C=O) groups excluding carboxylic acids is 1. The van der Waals surface area contributed by atoms with Gasteiger partial charge in [-0.25, -0.2) is 0 Å². The number of hydrogen-bond donors (Lipinski definition) is 1. The number of nitrogens with zero attached hydrogens (tertiary/aromatic N) is 3. The Bertz CT molecular complexity index is 588. The molecule has 0 radical (unpaired) electrons. The molecule has 1 amide bonds. The molecule has 2 heterocycles. The number of primary amides is 1. The van der Waals surface area contributed by atoms with E-state index in [1.807, 2.05) is 11.6 Å². The highest BCUT2D eigenvalue weighted by Gasteiger charge is 2.14. The molecule has 102 valence electrons. The molecule has 7 heteroatoms. The van der Waals surface area contributed by atoms with Crippen LogP contribution >= 0.6 is 23.1 Å². The predicted octanol–water partition coefficient (Wildman–Crippen LogP) is 2.24. The molecule has 2 aromatic heterocycles. The molecule has 0 unspecified atom stereocenters. The summed E-state index contributed by atoms with van der Waals surface area (Å²) in [6, 6.07) is 2.14. The maximum atomic E-state index is 10.8. The van der Waals surface area contributed by atoms with E-state index >= 15 is 0 Å². The van der Waals surface area contributed by atoms with Gasteiger partial charge in [-0.15, -0.1) is 21.5 Å². The van der Waals surface area contributed by atoms with Gasteiger partial charge in [0.15, 0.2) is 11.0 Å². The highest BCUT2D eigenvalue weighted by atomic mass is 32.2. The minimum Gasteiger partial charge on any atom is -0.369 e. The van der Waals surface area contributed by atoms with E-state index in [1.54, 1.807) is 11.3 Å². The van der Waals surface area contributed by atoms with Crippen LogP contribution in [-0.4, -0.2) is 26.4 Å². The molecule has 19 heavy (non-hydrogen) atoms. The Morgan fingerprint density at radius 3 is 2.84 bits per heavy atom. The first-order chi connectivity index (χ1) is 8.99. The predicted molar refractivity (Wildman–Crippen MR) is 78.3 cm³/mol. The van der Waals surface area contributed by atoms with Crippen molar-refractivity contribution in [3.05, 3.63) is 16.3 Å². The first-order valence-corrected chi connectivity index (χ1v) is 7.75. The van der Waals surface area contributed by atoms with Crippen molar-refractivity contribution >= 4 is 29.0 Å². The highest BCUT2D eigenvalue weighted by Crippen LogP contribution is 2.30. The number of amides is 1. The Morgan fingerprint density at radius 1 is 1.53 bits per heavy atom. The molecule has 0 saturated heterocycles. The monoisotopic (exact) mass is 296 g/mol. The van der Waals surface area contributed by atoms with Crippen molar-refractivity contribution in [2.75, 3.05) is 5.75 Å². The number of hydrogen-bond acceptors (Lipinski definition) is 5. The second kappa shape index (κ2) is 5.75. The normalized spacial score (nSPS) is 11.2. The fraction of sp³-hybridized carbons (Fsp3) is 0.417. The van der Waals surface area contributed by atoms with Crippen LogP contribution in [0, 0.1) is 0 Å². The second-order valence-electron chi connectivity index (χ2n) is 4.51. The van der Waals surface area contributed by atoms with Gasteiger partial charge in [-0.2, -0.15) is 0 Å². The molecular weight excluding hydrogens is 280 g/mol. The maximum Gasteiger partial charge on any atom is 0.227 e. The summed E-state index contributed by atoms with van der Waals surface area (Å²) >= 11 is 3.03. The lowest BCUT2D eigenvalue weighted by atomic mass is 10.1. The average molecular weight is 296 g/mol. The average Bonchev–Trinajstić information content (AvgIpc) is 2.93. The molecule has 0 fully saturated rings. The molecule has 0 atom stereocenters. The Morgan fingerprint density at radius 2 is 2.26 bits per heavy atom. The number of aromatic nitrogens is 3. The first-order valence-electron chi connectivity index (χ1n) is 5.88. The van der Waals surface area contributed by atoms with E-state index in [-0.39, 0.29) is 11.7 Å². The van der Waals surface area contributed by atoms with Gasteiger partial charge in [-0.1, -0.05) is 25.6 Å². The van der Waals surface area contributed by atoms with Crippen molar-refractivity contribution < 1.29 is 4.79 Å². The van der Waals surface area contributed by atoms with E-state index in [0.29, 0.717) is 11.1 Å². The summed E-state index contributed by atoms with van der Waals surface area (Å²) in [7, 11) is 1.89. The van der Waals surface area contributed by atoms with Gasteiger partial charge in [0.2, 0.25) is 5.91 Å². The van der Waals surface area contributed by atoms with Crippen LogP contribution in [0.3, 0.4) is 0 Å². The van der Waals surface area contributed by atoms with E-state index in [2.05, 4.69) is 35.5 Å². The molecule has 5 nitrogen and oxygen atoms in total. The van der Waals surface area contributed by atoms with Crippen molar-refractivity contribution in [3.63, 3.8) is 0 Å². The van der Waals surface area contributed by atoms with Gasteiger partial charge >= 0.3 is 0 Å². The van der Waals surface area contributed by atoms with E-state index < -0.39 is 0 Å². The molecule has 0 aliphatic heterocycles. The summed E-state index contributed by atoms with van der Waals surface area (Å²) in [6.07, 6.45) is 0. The maximum absolute atomic E-state index is 10.8. The van der Waals surface area contributed by atoms with Gasteiger partial charge < -0.3 is 10.3 Å². The van der Waals surface area contributed by atoms with Crippen LogP contribution in [-0.2, 0) is 11.8 Å². The largest absolute Gasteiger partial charge is 0.369 e. The van der Waals surface area contributed by atoms with Crippen LogP contribution in [0.1, 0.15) is 24.6 Å². The minimum absolute atomic E-state index is 0.215. The van der Waals surface area contributed by atoms with Crippen LogP contribution in [0.2, 0.25) is 0 Å². The summed E-state index contributed by atoms with van der Waals surface area (Å²) in [4.78, 5) is 12.1. The van der Waals surface area contributed by atoms with Crippen molar-refractivity contribution in [3.8, 4) is 11.4 Å². The fourth-order valence-corrected chi connectivity index (χ4v) is 3.15. The highest BCUT2D eigenvalue weighted by molar-refractivity contribution is 7.99. The third-order valence-electron chi connectivity index (χ3n) is 2.63. The number of nitrogens with two attached hydrogens (primary N) is 1. The third kappa shape index (κ3) is 3.16. The van der Waals surface area contributed by atoms with Crippen molar-refractivity contribution in [1.82, 2.24) is 14.8 Å². The fourth-order valence-electron chi connectivity index (χ4n) is 1.60. The van der Waals surface area contributed by atoms with E-state index in [0.717, 1.165) is 11.4 Å². The summed E-state index contributed by atoms with van der Waals surface area (Å²) in [5.74, 6) is 1.19. The van der Waals surface area contributed by atoms with Gasteiger partial charge in [-0.3, -0.25) is 4.79 Å². The molecule has 0 aliphatic carbocycles. The van der Waals surface area contributed by atoms with Gasteiger partial charge in [0.25, 0.3) is 0 Å². The number of thioether (sulfide) groups is 1. The van der Waals surface area contributed by atoms with Crippen LogP contribution in [0.4, 0.5) is 0 Å². The lowest BCUT2D eigenvalue weighted by Crippen LogP contribution is -2.13. The molecular formula is C12H16N4OS2. The Labute approximate surface area is 120 Å². The minimum atomic E-state index is -0.354. The summed E-state index contributed by atoms with van der Waals surface area (Å²) in [5, 5.41) is 11.1. The Hall–Kier alpha value is -1.34. The topological polar surface area (TPSA) is 73.8 Å². The lowest BCUT2D eigenvalue weighted by Gasteiger charge is -2.01. The zero-order valence-electron chi connectivity index (χ0n) is 11.1. The van der Waals surface area contributed by atoms with Crippen LogP contribution in [0.5, 0.6) is 0 Å². The Kier molecular flexibility index (Phi) is 4.26. The second-order valence-corrected chi connectivity index (χ2v) is 6.40. The lowest BCUT2D eigenvalue weighted by molar-refractivity contribution is -0.115. The van der Waals surface area contributed by atoms with Gasteiger partial charge in [0, 0.05) is 22.9 Å². The summed E-state index contributed by atoms with van der Waals surface area (Å²) in [5.41, 5.74) is 6.19. The SMILES string of the molecule is CC(C)c1cc(-c2nnc(SCC(N)=O)n2C)cs1. The van der Waals surface area contributed by atoms with Crippen molar-refractivity contribution in [2.45, 2.75) is 24.9 Å². The van der Waals surface area contributed by atoms with E-state index in [4.69, 9.17) is 5.73 Å². The zero-order valence-corrected chi connectivity index (χ0v) is 12.7. The third-order valence-corrected chi connectivity index (χ3v) is 4.90. The number of rotatable bonds is 5. The molecule has 0 saturated carbocycles. The molecule has 0 spiro atoms. The molecule has 2 aromatic rings. The first kappa shape index (κ1) is 14.1. The van der Waals surface area contributed by atoms with Crippen molar-refractivity contribution in [1.29, 1.82) is 0 Å². The quantitative estimate of drug-likeness (QED) is 0.859. The van der Waals surface area contributed by atoms with Crippen molar-refractivity contribution in [2.24, 2.45) is 12.8 Å². The van der Waals surface area contributed by atoms with Crippen LogP contribution in [0.25, 0.3) is 11.4 Å². The number of carbonyl (C=O) groups is 1. The molecule has 0 bridgehead atoms. The van der Waals surface area contributed by atoms with Crippen LogP contribution < -0.4 is 5.73 Å². The van der Waals surface area contributed by atoms with E-state index in [1.165, 1.54) is 16.6 Å².